The number of phenolic OH excluding ortho intramolecular Hbond substituents is 1. The number of nitrogens with one attached hydrogen (secondary N) is 1. The number of oxazole rings is 1. The van der Waals surface area contributed by atoms with E-state index in [0.717, 1.165) is 0 Å². The number of ether oxygens (including phenoxy) is 2. The lowest BCUT2D eigenvalue weighted by Crippen LogP contribution is -2.17. The minimum Gasteiger partial charge on any atom is -0.507 e. The average Bonchev–Trinajstić information content (AvgIpc) is 3.16. The van der Waals surface area contributed by atoms with Crippen molar-refractivity contribution in [1.82, 2.24) is 4.98 Å². The summed E-state index contributed by atoms with van der Waals surface area (Å²) < 4.78 is 16.7. The zero-order valence-electron chi connectivity index (χ0n) is 15.5. The fraction of sp³-hybridized carbons (Fsp3) is 0.0909. The maximum Gasteiger partial charge on any atom is 0.255 e. The van der Waals surface area contributed by atoms with Crippen molar-refractivity contribution < 1.29 is 23.8 Å². The van der Waals surface area contributed by atoms with Crippen molar-refractivity contribution in [3.63, 3.8) is 0 Å². The smallest absolute Gasteiger partial charge is 0.255 e. The molecule has 5 rings (SSSR count). The Balaban J connectivity index is 1.38. The monoisotopic (exact) mass is 422 g/mol. The summed E-state index contributed by atoms with van der Waals surface area (Å²) in [5.41, 5.74) is 2.39. The van der Waals surface area contributed by atoms with E-state index in [4.69, 9.17) is 25.5 Å². The third-order valence-corrected chi connectivity index (χ3v) is 4.88. The Hall–Kier alpha value is -3.71. The second-order valence-corrected chi connectivity index (χ2v) is 7.11. The van der Waals surface area contributed by atoms with Crippen LogP contribution < -0.4 is 14.8 Å². The third-order valence-electron chi connectivity index (χ3n) is 4.64. The SMILES string of the molecule is O=C(Nc1ccc(-c2nc3cc(Cl)ccc3o2)c(O)c1)c1ccc2c(c1)OCCO2. The topological polar surface area (TPSA) is 93.8 Å². The van der Waals surface area contributed by atoms with E-state index in [1.807, 2.05) is 0 Å². The Bertz CT molecular complexity index is 1280. The second kappa shape index (κ2) is 7.27. The van der Waals surface area contributed by atoms with Crippen molar-refractivity contribution in [2.75, 3.05) is 18.5 Å². The van der Waals surface area contributed by atoms with Crippen LogP contribution in [-0.2, 0) is 0 Å². The van der Waals surface area contributed by atoms with Crippen LogP contribution in [0.3, 0.4) is 0 Å². The van der Waals surface area contributed by atoms with Gasteiger partial charge in [0, 0.05) is 22.3 Å². The first-order valence-electron chi connectivity index (χ1n) is 9.17. The van der Waals surface area contributed by atoms with Gasteiger partial charge in [0.15, 0.2) is 17.1 Å². The standard InChI is InChI=1S/C22H15ClN2O5/c23-13-2-6-18-16(10-13)25-22(30-18)15-4-3-14(11-17(15)26)24-21(27)12-1-5-19-20(9-12)29-8-7-28-19/h1-6,9-11,26H,7-8H2,(H,24,27). The van der Waals surface area contributed by atoms with Crippen LogP contribution in [0.5, 0.6) is 17.2 Å². The molecule has 1 aliphatic rings. The van der Waals surface area contributed by atoms with Gasteiger partial charge in [0.1, 0.15) is 24.5 Å². The van der Waals surface area contributed by atoms with Gasteiger partial charge in [-0.2, -0.15) is 0 Å². The van der Waals surface area contributed by atoms with Crippen molar-refractivity contribution in [3.8, 4) is 28.7 Å². The van der Waals surface area contributed by atoms with Gasteiger partial charge in [-0.05, 0) is 48.5 Å². The molecular formula is C22H15ClN2O5. The zero-order chi connectivity index (χ0) is 20.7. The molecule has 2 N–H and O–H groups in total. The Morgan fingerprint density at radius 2 is 1.83 bits per heavy atom. The molecule has 4 aromatic rings. The van der Waals surface area contributed by atoms with Crippen molar-refractivity contribution in [2.45, 2.75) is 0 Å². The molecule has 1 amide bonds. The molecule has 0 radical (unpaired) electrons. The number of nitrogens with zero attached hydrogens (tertiary/aromatic N) is 1. The average molecular weight is 423 g/mol. The van der Waals surface area contributed by atoms with Gasteiger partial charge in [-0.3, -0.25) is 4.79 Å². The Labute approximate surface area is 175 Å². The number of carbonyl (C=O) groups excluding carboxylic acids is 1. The van der Waals surface area contributed by atoms with Crippen molar-refractivity contribution >= 4 is 34.3 Å². The molecule has 0 saturated carbocycles. The fourth-order valence-corrected chi connectivity index (χ4v) is 3.36. The highest BCUT2D eigenvalue weighted by atomic mass is 35.5. The van der Waals surface area contributed by atoms with Crippen LogP contribution in [0.2, 0.25) is 5.02 Å². The molecular weight excluding hydrogens is 408 g/mol. The predicted octanol–water partition coefficient (Wildman–Crippen LogP) is 4.88. The van der Waals surface area contributed by atoms with Gasteiger partial charge in [0.2, 0.25) is 5.89 Å². The van der Waals surface area contributed by atoms with E-state index in [2.05, 4.69) is 10.3 Å². The first-order chi connectivity index (χ1) is 14.6. The number of carbonyl (C=O) groups is 1. The van der Waals surface area contributed by atoms with Gasteiger partial charge in [-0.25, -0.2) is 4.98 Å². The molecule has 0 bridgehead atoms. The fourth-order valence-electron chi connectivity index (χ4n) is 3.19. The van der Waals surface area contributed by atoms with E-state index in [0.29, 0.717) is 57.6 Å². The van der Waals surface area contributed by atoms with Gasteiger partial charge < -0.3 is 24.3 Å². The molecule has 7 nitrogen and oxygen atoms in total. The molecule has 2 heterocycles. The highest BCUT2D eigenvalue weighted by Crippen LogP contribution is 2.34. The van der Waals surface area contributed by atoms with E-state index in [1.165, 1.54) is 6.07 Å². The number of fused-ring (bicyclic) bond motifs is 2. The molecule has 1 aromatic heterocycles. The molecule has 0 spiro atoms. The van der Waals surface area contributed by atoms with Crippen LogP contribution in [0.25, 0.3) is 22.6 Å². The van der Waals surface area contributed by atoms with E-state index in [9.17, 15) is 9.90 Å². The quantitative estimate of drug-likeness (QED) is 0.489. The van der Waals surface area contributed by atoms with Crippen LogP contribution in [-0.4, -0.2) is 29.2 Å². The molecule has 3 aromatic carbocycles. The number of rotatable bonds is 3. The van der Waals surface area contributed by atoms with Crippen LogP contribution >= 0.6 is 11.6 Å². The summed E-state index contributed by atoms with van der Waals surface area (Å²) in [6.07, 6.45) is 0. The van der Waals surface area contributed by atoms with Gasteiger partial charge in [-0.15, -0.1) is 0 Å². The summed E-state index contributed by atoms with van der Waals surface area (Å²) in [6, 6.07) is 14.8. The third kappa shape index (κ3) is 3.40. The van der Waals surface area contributed by atoms with E-state index >= 15 is 0 Å². The summed E-state index contributed by atoms with van der Waals surface area (Å²) in [5.74, 6) is 0.986. The lowest BCUT2D eigenvalue weighted by atomic mass is 10.1. The zero-order valence-corrected chi connectivity index (χ0v) is 16.3. The number of aromatic hydroxyl groups is 1. The van der Waals surface area contributed by atoms with Crippen molar-refractivity contribution in [1.29, 1.82) is 0 Å². The van der Waals surface area contributed by atoms with Crippen LogP contribution in [0.4, 0.5) is 5.69 Å². The van der Waals surface area contributed by atoms with E-state index < -0.39 is 0 Å². The van der Waals surface area contributed by atoms with Crippen LogP contribution in [0, 0.1) is 0 Å². The maximum absolute atomic E-state index is 12.6. The number of hydrogen-bond donors (Lipinski definition) is 2. The molecule has 0 aliphatic carbocycles. The molecule has 0 saturated heterocycles. The Kier molecular flexibility index (Phi) is 4.44. The summed E-state index contributed by atoms with van der Waals surface area (Å²) in [5, 5.41) is 13.8. The predicted molar refractivity (Wildman–Crippen MR) is 112 cm³/mol. The van der Waals surface area contributed by atoms with Crippen LogP contribution in [0.1, 0.15) is 10.4 Å². The second-order valence-electron chi connectivity index (χ2n) is 6.68. The molecule has 0 atom stereocenters. The minimum atomic E-state index is -0.337. The van der Waals surface area contributed by atoms with Gasteiger partial charge >= 0.3 is 0 Å². The normalized spacial score (nSPS) is 12.7. The number of benzene rings is 3. The summed E-state index contributed by atoms with van der Waals surface area (Å²) >= 11 is 5.98. The molecule has 30 heavy (non-hydrogen) atoms. The number of phenols is 1. The minimum absolute atomic E-state index is 0.0763. The summed E-state index contributed by atoms with van der Waals surface area (Å²) in [6.45, 7) is 0.923. The first kappa shape index (κ1) is 18.3. The molecule has 1 aliphatic heterocycles. The van der Waals surface area contributed by atoms with Crippen molar-refractivity contribution in [3.05, 3.63) is 65.2 Å². The maximum atomic E-state index is 12.6. The summed E-state index contributed by atoms with van der Waals surface area (Å²) in [4.78, 5) is 16.9. The number of halogens is 1. The lowest BCUT2D eigenvalue weighted by molar-refractivity contribution is 0.102. The number of hydrogen-bond acceptors (Lipinski definition) is 6. The van der Waals surface area contributed by atoms with Crippen LogP contribution in [0.15, 0.2) is 59.0 Å². The molecule has 8 heteroatoms. The highest BCUT2D eigenvalue weighted by Gasteiger charge is 2.17. The number of anilines is 1. The Morgan fingerprint density at radius 1 is 1.00 bits per heavy atom. The molecule has 150 valence electrons. The van der Waals surface area contributed by atoms with Gasteiger partial charge in [0.05, 0.1) is 5.56 Å². The van der Waals surface area contributed by atoms with E-state index in [1.54, 1.807) is 48.5 Å². The molecule has 0 unspecified atom stereocenters. The van der Waals surface area contributed by atoms with Gasteiger partial charge in [-0.1, -0.05) is 11.6 Å². The lowest BCUT2D eigenvalue weighted by Gasteiger charge is -2.18. The molecule has 0 fully saturated rings. The number of amides is 1. The van der Waals surface area contributed by atoms with Gasteiger partial charge in [0.25, 0.3) is 5.91 Å². The summed E-state index contributed by atoms with van der Waals surface area (Å²) in [7, 11) is 0. The Morgan fingerprint density at radius 3 is 2.67 bits per heavy atom. The van der Waals surface area contributed by atoms with E-state index in [-0.39, 0.29) is 17.5 Å². The number of aromatic nitrogens is 1. The van der Waals surface area contributed by atoms with Crippen molar-refractivity contribution in [2.24, 2.45) is 0 Å². The first-order valence-corrected chi connectivity index (χ1v) is 9.55. The largest absolute Gasteiger partial charge is 0.507 e. The highest BCUT2D eigenvalue weighted by molar-refractivity contribution is 6.31.